The van der Waals surface area contributed by atoms with E-state index in [2.05, 4.69) is 5.32 Å². The molecule has 20 heavy (non-hydrogen) atoms. The molecule has 2 atom stereocenters. The van der Waals surface area contributed by atoms with Gasteiger partial charge in [-0.05, 0) is 31.9 Å². The number of carbonyl (C=O) groups excluding carboxylic acids is 2. The number of nitrogens with zero attached hydrogens (tertiary/aromatic N) is 1. The molecule has 2 rings (SSSR count). The van der Waals surface area contributed by atoms with Crippen LogP contribution in [0.2, 0.25) is 0 Å². The Balaban J connectivity index is 2.27. The molecule has 1 fully saturated rings. The largest absolute Gasteiger partial charge is 0.355 e. The van der Waals surface area contributed by atoms with E-state index in [-0.39, 0.29) is 17.2 Å². The van der Waals surface area contributed by atoms with Crippen LogP contribution in [0.4, 0.5) is 0 Å². The summed E-state index contributed by atoms with van der Waals surface area (Å²) in [5.74, 6) is 0.367. The smallest absolute Gasteiger partial charge is 0.242 e. The number of likely N-dealkylation sites (N-methyl/N-ethyl adjacent to an activating group) is 1. The highest BCUT2D eigenvalue weighted by atomic mass is 32.2. The van der Waals surface area contributed by atoms with Crippen LogP contribution in [0.3, 0.4) is 0 Å². The van der Waals surface area contributed by atoms with Gasteiger partial charge in [-0.15, -0.1) is 11.8 Å². The maximum atomic E-state index is 12.1. The van der Waals surface area contributed by atoms with Gasteiger partial charge in [-0.1, -0.05) is 24.3 Å². The fraction of sp³-hybridized carbons (Fsp3) is 0.467. The van der Waals surface area contributed by atoms with Crippen molar-refractivity contribution in [3.8, 4) is 0 Å². The Morgan fingerprint density at radius 2 is 2.20 bits per heavy atom. The first-order chi connectivity index (χ1) is 9.56. The highest BCUT2D eigenvalue weighted by molar-refractivity contribution is 8.00. The molecular formula is C15H20N2O2S. The van der Waals surface area contributed by atoms with E-state index in [1.54, 1.807) is 23.6 Å². The molecule has 0 unspecified atom stereocenters. The topological polar surface area (TPSA) is 49.4 Å². The molecule has 0 aliphatic carbocycles. The van der Waals surface area contributed by atoms with Crippen molar-refractivity contribution >= 4 is 23.6 Å². The molecule has 1 N–H and O–H groups in total. The Kier molecular flexibility index (Phi) is 4.70. The maximum Gasteiger partial charge on any atom is 0.242 e. The van der Waals surface area contributed by atoms with Crippen LogP contribution in [0.1, 0.15) is 30.3 Å². The number of rotatable bonds is 4. The number of thioether (sulfide) groups is 1. The van der Waals surface area contributed by atoms with Gasteiger partial charge in [0.05, 0.1) is 5.75 Å². The lowest BCUT2D eigenvalue weighted by Gasteiger charge is -2.30. The fourth-order valence-electron chi connectivity index (χ4n) is 2.41. The second-order valence-corrected chi connectivity index (χ2v) is 5.96. The van der Waals surface area contributed by atoms with Gasteiger partial charge < -0.3 is 10.2 Å². The zero-order valence-corrected chi connectivity index (χ0v) is 12.9. The van der Waals surface area contributed by atoms with Crippen molar-refractivity contribution in [3.05, 3.63) is 35.4 Å². The number of benzene rings is 1. The molecule has 1 saturated heterocycles. The van der Waals surface area contributed by atoms with Crippen LogP contribution in [0.5, 0.6) is 0 Å². The number of amides is 2. The first kappa shape index (κ1) is 14.9. The van der Waals surface area contributed by atoms with Gasteiger partial charge in [0.1, 0.15) is 11.4 Å². The highest BCUT2D eigenvalue weighted by Gasteiger charge is 2.38. The predicted octanol–water partition coefficient (Wildman–Crippen LogP) is 2.09. The van der Waals surface area contributed by atoms with E-state index in [0.717, 1.165) is 11.1 Å². The number of aryl methyl sites for hydroxylation is 1. The molecular weight excluding hydrogens is 272 g/mol. The lowest BCUT2D eigenvalue weighted by molar-refractivity contribution is -0.137. The Morgan fingerprint density at radius 1 is 1.50 bits per heavy atom. The fourth-order valence-corrected chi connectivity index (χ4v) is 3.76. The van der Waals surface area contributed by atoms with Crippen molar-refractivity contribution < 1.29 is 9.59 Å². The molecule has 1 aromatic rings. The van der Waals surface area contributed by atoms with Crippen molar-refractivity contribution in [2.45, 2.75) is 32.2 Å². The van der Waals surface area contributed by atoms with Crippen LogP contribution in [0.25, 0.3) is 0 Å². The Bertz CT molecular complexity index is 518. The molecule has 1 aliphatic heterocycles. The third-order valence-electron chi connectivity index (χ3n) is 3.51. The van der Waals surface area contributed by atoms with Crippen molar-refractivity contribution in [2.24, 2.45) is 0 Å². The van der Waals surface area contributed by atoms with E-state index in [1.807, 2.05) is 38.1 Å². The average molecular weight is 292 g/mol. The van der Waals surface area contributed by atoms with E-state index in [1.165, 1.54) is 0 Å². The van der Waals surface area contributed by atoms with Gasteiger partial charge in [-0.2, -0.15) is 0 Å². The van der Waals surface area contributed by atoms with E-state index in [9.17, 15) is 9.59 Å². The zero-order valence-electron chi connectivity index (χ0n) is 12.1. The summed E-state index contributed by atoms with van der Waals surface area (Å²) in [6, 6.07) is 7.58. The predicted molar refractivity (Wildman–Crippen MR) is 81.4 cm³/mol. The van der Waals surface area contributed by atoms with Crippen LogP contribution in [-0.4, -0.2) is 35.1 Å². The number of nitrogens with one attached hydrogen (secondary N) is 1. The van der Waals surface area contributed by atoms with Gasteiger partial charge in [0.2, 0.25) is 11.8 Å². The number of hydrogen-bond donors (Lipinski definition) is 1. The molecule has 0 spiro atoms. The minimum atomic E-state index is -0.443. The maximum absolute atomic E-state index is 12.1. The van der Waals surface area contributed by atoms with Gasteiger partial charge in [0.25, 0.3) is 0 Å². The van der Waals surface area contributed by atoms with Gasteiger partial charge in [0, 0.05) is 6.54 Å². The summed E-state index contributed by atoms with van der Waals surface area (Å²) >= 11 is 1.59. The zero-order chi connectivity index (χ0) is 14.7. The number of hydrogen-bond acceptors (Lipinski definition) is 3. The quantitative estimate of drug-likeness (QED) is 0.924. The normalized spacial score (nSPS) is 20.1. The lowest BCUT2D eigenvalue weighted by Crippen LogP contribution is -2.46. The van der Waals surface area contributed by atoms with Gasteiger partial charge in [-0.3, -0.25) is 9.59 Å². The minimum absolute atomic E-state index is 0.0296. The van der Waals surface area contributed by atoms with E-state index in [4.69, 9.17) is 0 Å². The molecule has 4 nitrogen and oxygen atoms in total. The molecule has 0 saturated carbocycles. The van der Waals surface area contributed by atoms with E-state index in [0.29, 0.717) is 12.3 Å². The molecule has 0 radical (unpaired) electrons. The summed E-state index contributed by atoms with van der Waals surface area (Å²) in [5, 5.41) is 2.72. The molecule has 108 valence electrons. The summed E-state index contributed by atoms with van der Waals surface area (Å²) in [5.41, 5.74) is 2.26. The van der Waals surface area contributed by atoms with Gasteiger partial charge in [0.15, 0.2) is 0 Å². The van der Waals surface area contributed by atoms with E-state index >= 15 is 0 Å². The van der Waals surface area contributed by atoms with Crippen LogP contribution < -0.4 is 5.32 Å². The molecule has 1 aromatic carbocycles. The second kappa shape index (κ2) is 6.31. The third-order valence-corrected chi connectivity index (χ3v) is 4.72. The lowest BCUT2D eigenvalue weighted by atomic mass is 10.1. The van der Waals surface area contributed by atoms with Crippen LogP contribution in [-0.2, 0) is 9.59 Å². The molecule has 5 heteroatoms. The van der Waals surface area contributed by atoms with E-state index < -0.39 is 6.04 Å². The summed E-state index contributed by atoms with van der Waals surface area (Å²) in [6.45, 7) is 6.28. The van der Waals surface area contributed by atoms with Crippen molar-refractivity contribution in [3.63, 3.8) is 0 Å². The Hall–Kier alpha value is -1.49. The first-order valence-corrected chi connectivity index (χ1v) is 7.87. The summed E-state index contributed by atoms with van der Waals surface area (Å²) in [7, 11) is 0. The third kappa shape index (κ3) is 2.82. The number of carbonyl (C=O) groups is 2. The SMILES string of the molecule is CCNC(=O)[C@H](C)N1C(=O)CS[C@@H]1c1ccccc1C. The summed E-state index contributed by atoms with van der Waals surface area (Å²) < 4.78 is 0. The summed E-state index contributed by atoms with van der Waals surface area (Å²) in [6.07, 6.45) is 0. The first-order valence-electron chi connectivity index (χ1n) is 6.82. The van der Waals surface area contributed by atoms with Crippen molar-refractivity contribution in [1.82, 2.24) is 10.2 Å². The molecule has 0 bridgehead atoms. The van der Waals surface area contributed by atoms with Crippen LogP contribution in [0, 0.1) is 6.92 Å². The van der Waals surface area contributed by atoms with Gasteiger partial charge in [-0.25, -0.2) is 0 Å². The molecule has 0 aromatic heterocycles. The molecule has 1 heterocycles. The van der Waals surface area contributed by atoms with Crippen LogP contribution >= 0.6 is 11.8 Å². The standard InChI is InChI=1S/C15H20N2O2S/c1-4-16-14(19)11(3)17-13(18)9-20-15(17)12-8-6-5-7-10(12)2/h5-8,11,15H,4,9H2,1-3H3,(H,16,19)/t11-,15+/m0/s1. The van der Waals surface area contributed by atoms with Crippen molar-refractivity contribution in [2.75, 3.05) is 12.3 Å². The Labute approximate surface area is 123 Å². The van der Waals surface area contributed by atoms with Gasteiger partial charge >= 0.3 is 0 Å². The molecule has 1 aliphatic rings. The molecule has 2 amide bonds. The average Bonchev–Trinajstić information content (AvgIpc) is 2.80. The monoisotopic (exact) mass is 292 g/mol. The highest BCUT2D eigenvalue weighted by Crippen LogP contribution is 2.41. The summed E-state index contributed by atoms with van der Waals surface area (Å²) in [4.78, 5) is 25.9. The van der Waals surface area contributed by atoms with Crippen LogP contribution in [0.15, 0.2) is 24.3 Å². The van der Waals surface area contributed by atoms with Crippen molar-refractivity contribution in [1.29, 1.82) is 0 Å². The second-order valence-electron chi connectivity index (χ2n) is 4.89. The minimum Gasteiger partial charge on any atom is -0.355 e. The Morgan fingerprint density at radius 3 is 2.85 bits per heavy atom.